The summed E-state index contributed by atoms with van der Waals surface area (Å²) in [6, 6.07) is 8.66. The zero-order chi connectivity index (χ0) is 12.5. The molecule has 1 aromatic rings. The molecule has 3 heteroatoms. The second-order valence-electron chi connectivity index (χ2n) is 4.46. The maximum Gasteiger partial charge on any atom is 0.0589 e. The predicted molar refractivity (Wildman–Crippen MR) is 72.3 cm³/mol. The summed E-state index contributed by atoms with van der Waals surface area (Å²) in [5.74, 6) is 0. The summed E-state index contributed by atoms with van der Waals surface area (Å²) in [6.07, 6.45) is 0. The van der Waals surface area contributed by atoms with Crippen molar-refractivity contribution in [3.8, 4) is 0 Å². The van der Waals surface area contributed by atoms with E-state index in [1.807, 2.05) is 0 Å². The molecule has 0 fully saturated rings. The van der Waals surface area contributed by atoms with Crippen molar-refractivity contribution < 1.29 is 4.74 Å². The van der Waals surface area contributed by atoms with Crippen LogP contribution < -0.4 is 5.32 Å². The topological polar surface area (TPSA) is 24.5 Å². The highest BCUT2D eigenvalue weighted by Gasteiger charge is 1.97. The Morgan fingerprint density at radius 1 is 1.18 bits per heavy atom. The Hall–Kier alpha value is -0.900. The monoisotopic (exact) mass is 236 g/mol. The lowest BCUT2D eigenvalue weighted by atomic mass is 10.1. The van der Waals surface area contributed by atoms with Crippen molar-refractivity contribution in [2.24, 2.45) is 0 Å². The fourth-order valence-electron chi connectivity index (χ4n) is 1.57. The molecule has 0 aromatic heterocycles. The van der Waals surface area contributed by atoms with Gasteiger partial charge in [-0.1, -0.05) is 29.8 Å². The molecule has 0 heterocycles. The highest BCUT2D eigenvalue weighted by Crippen LogP contribution is 2.02. The van der Waals surface area contributed by atoms with E-state index in [-0.39, 0.29) is 0 Å². The Morgan fingerprint density at radius 2 is 1.88 bits per heavy atom. The van der Waals surface area contributed by atoms with Gasteiger partial charge in [-0.25, -0.2) is 0 Å². The summed E-state index contributed by atoms with van der Waals surface area (Å²) in [7, 11) is 3.86. The number of nitrogens with one attached hydrogen (secondary N) is 1. The van der Waals surface area contributed by atoms with Gasteiger partial charge in [0.2, 0.25) is 0 Å². The first-order chi connectivity index (χ1) is 8.22. The average Bonchev–Trinajstić information content (AvgIpc) is 2.34. The van der Waals surface area contributed by atoms with E-state index in [1.165, 1.54) is 11.1 Å². The van der Waals surface area contributed by atoms with Crippen LogP contribution in [-0.2, 0) is 11.3 Å². The summed E-state index contributed by atoms with van der Waals surface area (Å²) in [6.45, 7) is 6.90. The van der Waals surface area contributed by atoms with Crippen LogP contribution in [0.25, 0.3) is 0 Å². The Morgan fingerprint density at radius 3 is 2.53 bits per heavy atom. The smallest absolute Gasteiger partial charge is 0.0589 e. The maximum absolute atomic E-state index is 5.04. The van der Waals surface area contributed by atoms with Gasteiger partial charge in [0.15, 0.2) is 0 Å². The van der Waals surface area contributed by atoms with Gasteiger partial charge < -0.3 is 15.0 Å². The molecule has 0 saturated heterocycles. The molecule has 0 aliphatic carbocycles. The molecule has 96 valence electrons. The Labute approximate surface area is 105 Å². The van der Waals surface area contributed by atoms with E-state index in [0.717, 1.165) is 32.8 Å². The summed E-state index contributed by atoms with van der Waals surface area (Å²) in [5, 5.41) is 3.45. The predicted octanol–water partition coefficient (Wildman–Crippen LogP) is 1.66. The Balaban J connectivity index is 2.09. The van der Waals surface area contributed by atoms with Gasteiger partial charge >= 0.3 is 0 Å². The SMILES string of the molecule is COCCN(C)CCNCc1ccc(C)cc1. The molecule has 0 aliphatic rings. The number of likely N-dealkylation sites (N-methyl/N-ethyl adjacent to an activating group) is 1. The van der Waals surface area contributed by atoms with Crippen molar-refractivity contribution in [2.45, 2.75) is 13.5 Å². The van der Waals surface area contributed by atoms with Crippen molar-refractivity contribution in [3.63, 3.8) is 0 Å². The van der Waals surface area contributed by atoms with E-state index in [4.69, 9.17) is 4.74 Å². The van der Waals surface area contributed by atoms with Crippen LogP contribution >= 0.6 is 0 Å². The molecule has 0 spiro atoms. The minimum absolute atomic E-state index is 0.800. The highest BCUT2D eigenvalue weighted by atomic mass is 16.5. The summed E-state index contributed by atoms with van der Waals surface area (Å²) >= 11 is 0. The summed E-state index contributed by atoms with van der Waals surface area (Å²) in [5.41, 5.74) is 2.66. The first-order valence-corrected chi connectivity index (χ1v) is 6.16. The molecule has 3 nitrogen and oxygen atoms in total. The zero-order valence-corrected chi connectivity index (χ0v) is 11.2. The Kier molecular flexibility index (Phi) is 6.86. The van der Waals surface area contributed by atoms with Gasteiger partial charge in [0.25, 0.3) is 0 Å². The number of aryl methyl sites for hydroxylation is 1. The van der Waals surface area contributed by atoms with Crippen LogP contribution in [0.2, 0.25) is 0 Å². The van der Waals surface area contributed by atoms with Crippen LogP contribution in [0.4, 0.5) is 0 Å². The molecule has 1 N–H and O–H groups in total. The molecule has 1 aromatic carbocycles. The number of ether oxygens (including phenoxy) is 1. The average molecular weight is 236 g/mol. The molecule has 0 saturated carbocycles. The molecule has 0 bridgehead atoms. The lowest BCUT2D eigenvalue weighted by molar-refractivity contribution is 0.161. The highest BCUT2D eigenvalue weighted by molar-refractivity contribution is 5.20. The number of benzene rings is 1. The van der Waals surface area contributed by atoms with Crippen LogP contribution in [0.3, 0.4) is 0 Å². The van der Waals surface area contributed by atoms with E-state index >= 15 is 0 Å². The van der Waals surface area contributed by atoms with Crippen LogP contribution in [0.1, 0.15) is 11.1 Å². The molecule has 1 rings (SSSR count). The van der Waals surface area contributed by atoms with Crippen molar-refractivity contribution >= 4 is 0 Å². The normalized spacial score (nSPS) is 11.1. The van der Waals surface area contributed by atoms with Gasteiger partial charge in [-0.15, -0.1) is 0 Å². The quantitative estimate of drug-likeness (QED) is 0.695. The summed E-state index contributed by atoms with van der Waals surface area (Å²) < 4.78 is 5.04. The van der Waals surface area contributed by atoms with E-state index in [2.05, 4.69) is 48.5 Å². The zero-order valence-electron chi connectivity index (χ0n) is 11.2. The van der Waals surface area contributed by atoms with Crippen LogP contribution in [0.15, 0.2) is 24.3 Å². The number of hydrogen-bond acceptors (Lipinski definition) is 3. The molecule has 0 radical (unpaired) electrons. The van der Waals surface area contributed by atoms with Gasteiger partial charge in [-0.2, -0.15) is 0 Å². The minimum atomic E-state index is 0.800. The van der Waals surface area contributed by atoms with Crippen LogP contribution in [0.5, 0.6) is 0 Å². The molecule has 0 atom stereocenters. The molecule has 0 aliphatic heterocycles. The number of rotatable bonds is 8. The van der Waals surface area contributed by atoms with Gasteiger partial charge in [0.1, 0.15) is 0 Å². The third-order valence-corrected chi connectivity index (χ3v) is 2.80. The molecular weight excluding hydrogens is 212 g/mol. The Bertz CT molecular complexity index is 298. The van der Waals surface area contributed by atoms with E-state index in [9.17, 15) is 0 Å². The molecule has 17 heavy (non-hydrogen) atoms. The van der Waals surface area contributed by atoms with Crippen molar-refractivity contribution in [3.05, 3.63) is 35.4 Å². The molecule has 0 unspecified atom stereocenters. The van der Waals surface area contributed by atoms with E-state index < -0.39 is 0 Å². The standard InChI is InChI=1S/C14H24N2O/c1-13-4-6-14(7-5-13)12-15-8-9-16(2)10-11-17-3/h4-7,15H,8-12H2,1-3H3. The van der Waals surface area contributed by atoms with Crippen molar-refractivity contribution in [1.82, 2.24) is 10.2 Å². The third-order valence-electron chi connectivity index (χ3n) is 2.80. The fraction of sp³-hybridized carbons (Fsp3) is 0.571. The lowest BCUT2D eigenvalue weighted by Gasteiger charge is -2.16. The third kappa shape index (κ3) is 6.41. The van der Waals surface area contributed by atoms with Crippen LogP contribution in [-0.4, -0.2) is 45.3 Å². The maximum atomic E-state index is 5.04. The largest absolute Gasteiger partial charge is 0.383 e. The summed E-state index contributed by atoms with van der Waals surface area (Å²) in [4.78, 5) is 2.27. The molecule has 0 amide bonds. The lowest BCUT2D eigenvalue weighted by Crippen LogP contribution is -2.31. The molecular formula is C14H24N2O. The van der Waals surface area contributed by atoms with Crippen molar-refractivity contribution in [1.29, 1.82) is 0 Å². The van der Waals surface area contributed by atoms with Gasteiger partial charge in [-0.3, -0.25) is 0 Å². The van der Waals surface area contributed by atoms with E-state index in [0.29, 0.717) is 0 Å². The number of methoxy groups -OCH3 is 1. The van der Waals surface area contributed by atoms with Gasteiger partial charge in [0.05, 0.1) is 6.61 Å². The minimum Gasteiger partial charge on any atom is -0.383 e. The van der Waals surface area contributed by atoms with Gasteiger partial charge in [0, 0.05) is 33.3 Å². The number of hydrogen-bond donors (Lipinski definition) is 1. The first-order valence-electron chi connectivity index (χ1n) is 6.16. The van der Waals surface area contributed by atoms with Crippen LogP contribution in [0, 0.1) is 6.92 Å². The first kappa shape index (κ1) is 14.2. The van der Waals surface area contributed by atoms with E-state index in [1.54, 1.807) is 7.11 Å². The second kappa shape index (κ2) is 8.23. The fourth-order valence-corrected chi connectivity index (χ4v) is 1.57. The van der Waals surface area contributed by atoms with Crippen molar-refractivity contribution in [2.75, 3.05) is 40.4 Å². The number of nitrogens with zero attached hydrogens (tertiary/aromatic N) is 1. The van der Waals surface area contributed by atoms with Gasteiger partial charge in [-0.05, 0) is 19.5 Å². The second-order valence-corrected chi connectivity index (χ2v) is 4.46.